The molecule has 0 saturated heterocycles. The van der Waals surface area contributed by atoms with Crippen LogP contribution in [0.1, 0.15) is 29.7 Å². The van der Waals surface area contributed by atoms with Crippen molar-refractivity contribution in [3.8, 4) is 11.5 Å². The molecule has 0 fully saturated rings. The first kappa shape index (κ1) is 30.2. The molecule has 5 aromatic rings. The number of halogens is 2. The average Bonchev–Trinajstić information content (AvgIpc) is 3.34. The minimum Gasteiger partial charge on any atom is -0.497 e. The highest BCUT2D eigenvalue weighted by atomic mass is 79.9. The second kappa shape index (κ2) is 13.1. The van der Waals surface area contributed by atoms with Crippen molar-refractivity contribution in [1.82, 2.24) is 4.57 Å². The summed E-state index contributed by atoms with van der Waals surface area (Å²) >= 11 is 4.79. The third-order valence-corrected chi connectivity index (χ3v) is 8.93. The lowest BCUT2D eigenvalue weighted by molar-refractivity contribution is -0.113. The van der Waals surface area contributed by atoms with E-state index in [2.05, 4.69) is 21.2 Å². The Hall–Kier alpha value is -4.80. The summed E-state index contributed by atoms with van der Waals surface area (Å²) < 4.78 is 27.9. The normalized spacial score (nSPS) is 14.5. The van der Waals surface area contributed by atoms with Gasteiger partial charge in [0.15, 0.2) is 4.80 Å². The molecule has 1 aliphatic heterocycles. The standard InChI is InChI=1S/C35H27BrFN3O4S/c1-21-31(33(41)39-25-9-4-3-5-10-25)32(23-13-15-26(43-2)16-14-23)40-34(42)30(45-35(40)38-21)19-22-12-17-29(27(36)18-22)44-20-24-8-6-7-11-28(24)37/h3-19,32H,20H2,1-2H3,(H,39,41)/b30-19+/t32-/m1/s1. The summed E-state index contributed by atoms with van der Waals surface area (Å²) in [6, 6.07) is 27.7. The number of thiazole rings is 1. The number of fused-ring (bicyclic) bond motifs is 1. The van der Waals surface area contributed by atoms with Gasteiger partial charge in [-0.15, -0.1) is 0 Å². The highest BCUT2D eigenvalue weighted by Gasteiger charge is 2.32. The Kier molecular flexibility index (Phi) is 8.77. The van der Waals surface area contributed by atoms with Crippen molar-refractivity contribution in [2.45, 2.75) is 19.6 Å². The molecule has 4 aromatic carbocycles. The van der Waals surface area contributed by atoms with Gasteiger partial charge in [0, 0.05) is 11.3 Å². The summed E-state index contributed by atoms with van der Waals surface area (Å²) in [5.74, 6) is 0.534. The summed E-state index contributed by atoms with van der Waals surface area (Å²) in [6.07, 6.45) is 1.78. The van der Waals surface area contributed by atoms with Crippen molar-refractivity contribution >= 4 is 44.9 Å². The number of benzene rings is 4. The molecule has 0 spiro atoms. The SMILES string of the molecule is COc1ccc([C@@H]2C(C(=O)Nc3ccccc3)=C(C)N=c3s/c(=C/c4ccc(OCc5ccccc5F)c(Br)c4)c(=O)n32)cc1. The number of carbonyl (C=O) groups is 1. The van der Waals surface area contributed by atoms with Crippen molar-refractivity contribution in [3.63, 3.8) is 0 Å². The van der Waals surface area contributed by atoms with E-state index >= 15 is 0 Å². The molecule has 1 aromatic heterocycles. The topological polar surface area (TPSA) is 81.9 Å². The van der Waals surface area contributed by atoms with Crippen LogP contribution in [0.5, 0.6) is 11.5 Å². The molecule has 45 heavy (non-hydrogen) atoms. The fourth-order valence-electron chi connectivity index (χ4n) is 5.08. The zero-order chi connectivity index (χ0) is 31.5. The summed E-state index contributed by atoms with van der Waals surface area (Å²) in [6.45, 7) is 1.86. The van der Waals surface area contributed by atoms with Gasteiger partial charge in [-0.3, -0.25) is 14.2 Å². The molecule has 1 amide bonds. The van der Waals surface area contributed by atoms with Crippen molar-refractivity contribution in [3.05, 3.63) is 155 Å². The van der Waals surface area contributed by atoms with Crippen LogP contribution in [0, 0.1) is 5.82 Å². The number of aromatic nitrogens is 1. The number of nitrogens with zero attached hydrogens (tertiary/aromatic N) is 2. The highest BCUT2D eigenvalue weighted by Crippen LogP contribution is 2.32. The van der Waals surface area contributed by atoms with E-state index in [-0.39, 0.29) is 23.9 Å². The summed E-state index contributed by atoms with van der Waals surface area (Å²) in [7, 11) is 1.58. The number of carbonyl (C=O) groups excluding carboxylic acids is 1. The number of nitrogens with one attached hydrogen (secondary N) is 1. The molecule has 6 rings (SSSR count). The molecule has 0 bridgehead atoms. The monoisotopic (exact) mass is 683 g/mol. The minimum atomic E-state index is -0.709. The average molecular weight is 685 g/mol. The van der Waals surface area contributed by atoms with E-state index in [1.807, 2.05) is 42.5 Å². The van der Waals surface area contributed by atoms with Gasteiger partial charge in [-0.25, -0.2) is 9.38 Å². The van der Waals surface area contributed by atoms with E-state index in [9.17, 15) is 14.0 Å². The van der Waals surface area contributed by atoms with Gasteiger partial charge in [0.05, 0.1) is 33.4 Å². The fraction of sp³-hybridized carbons (Fsp3) is 0.114. The van der Waals surface area contributed by atoms with Gasteiger partial charge in [-0.1, -0.05) is 65.9 Å². The van der Waals surface area contributed by atoms with Gasteiger partial charge >= 0.3 is 0 Å². The van der Waals surface area contributed by atoms with Crippen LogP contribution >= 0.6 is 27.3 Å². The lowest BCUT2D eigenvalue weighted by atomic mass is 9.95. The largest absolute Gasteiger partial charge is 0.497 e. The molecule has 7 nitrogen and oxygen atoms in total. The molecule has 10 heteroatoms. The number of hydrogen-bond donors (Lipinski definition) is 1. The molecule has 0 radical (unpaired) electrons. The van der Waals surface area contributed by atoms with E-state index in [1.165, 1.54) is 17.4 Å². The first-order chi connectivity index (χ1) is 21.8. The predicted molar refractivity (Wildman–Crippen MR) is 177 cm³/mol. The van der Waals surface area contributed by atoms with Gasteiger partial charge in [0.25, 0.3) is 11.5 Å². The van der Waals surface area contributed by atoms with Gasteiger partial charge in [-0.2, -0.15) is 0 Å². The summed E-state index contributed by atoms with van der Waals surface area (Å²) in [5, 5.41) is 2.96. The van der Waals surface area contributed by atoms with Crippen molar-refractivity contribution in [1.29, 1.82) is 0 Å². The number of hydrogen-bond acceptors (Lipinski definition) is 6. The molecular formula is C35H27BrFN3O4S. The molecule has 0 aliphatic carbocycles. The quantitative estimate of drug-likeness (QED) is 0.206. The molecular weight excluding hydrogens is 657 g/mol. The van der Waals surface area contributed by atoms with Crippen LogP contribution in [-0.2, 0) is 11.4 Å². The molecule has 1 N–H and O–H groups in total. The van der Waals surface area contributed by atoms with E-state index < -0.39 is 6.04 Å². The second-order valence-corrected chi connectivity index (χ2v) is 12.1. The van der Waals surface area contributed by atoms with Crippen LogP contribution in [-0.4, -0.2) is 17.6 Å². The van der Waals surface area contributed by atoms with Gasteiger partial charge < -0.3 is 14.8 Å². The second-order valence-electron chi connectivity index (χ2n) is 10.2. The van der Waals surface area contributed by atoms with E-state index in [0.29, 0.717) is 47.8 Å². The predicted octanol–water partition coefficient (Wildman–Crippen LogP) is 6.36. The van der Waals surface area contributed by atoms with E-state index in [0.717, 1.165) is 11.1 Å². The molecule has 1 atom stereocenters. The van der Waals surface area contributed by atoms with E-state index in [4.69, 9.17) is 14.5 Å². The maximum atomic E-state index is 14.0. The van der Waals surface area contributed by atoms with Gasteiger partial charge in [-0.05, 0) is 82.5 Å². The number of anilines is 1. The smallest absolute Gasteiger partial charge is 0.271 e. The Morgan fingerprint density at radius 1 is 1.04 bits per heavy atom. The summed E-state index contributed by atoms with van der Waals surface area (Å²) in [5.41, 5.74) is 3.22. The lowest BCUT2D eigenvalue weighted by Crippen LogP contribution is -2.40. The van der Waals surface area contributed by atoms with Crippen LogP contribution in [0.4, 0.5) is 10.1 Å². The van der Waals surface area contributed by atoms with Crippen LogP contribution < -0.4 is 29.7 Å². The molecule has 0 saturated carbocycles. The number of methoxy groups -OCH3 is 1. The zero-order valence-corrected chi connectivity index (χ0v) is 26.7. The van der Waals surface area contributed by atoms with Crippen LogP contribution in [0.2, 0.25) is 0 Å². The van der Waals surface area contributed by atoms with Crippen LogP contribution in [0.3, 0.4) is 0 Å². The van der Waals surface area contributed by atoms with Crippen LogP contribution in [0.15, 0.2) is 123 Å². The summed E-state index contributed by atoms with van der Waals surface area (Å²) in [4.78, 5) is 33.0. The number of para-hydroxylation sites is 1. The van der Waals surface area contributed by atoms with E-state index in [1.54, 1.807) is 73.2 Å². The third kappa shape index (κ3) is 6.38. The first-order valence-electron chi connectivity index (χ1n) is 14.0. The Balaban J connectivity index is 1.37. The lowest BCUT2D eigenvalue weighted by Gasteiger charge is -2.25. The number of amides is 1. The van der Waals surface area contributed by atoms with Crippen molar-refractivity contribution in [2.75, 3.05) is 12.4 Å². The number of allylic oxidation sites excluding steroid dienone is 1. The van der Waals surface area contributed by atoms with Crippen molar-refractivity contribution in [2.24, 2.45) is 4.99 Å². The fourth-order valence-corrected chi connectivity index (χ4v) is 6.64. The maximum Gasteiger partial charge on any atom is 0.271 e. The Morgan fingerprint density at radius 3 is 2.49 bits per heavy atom. The van der Waals surface area contributed by atoms with Gasteiger partial charge in [0.2, 0.25) is 0 Å². The van der Waals surface area contributed by atoms with Crippen LogP contribution in [0.25, 0.3) is 6.08 Å². The highest BCUT2D eigenvalue weighted by molar-refractivity contribution is 9.10. The Bertz CT molecular complexity index is 2110. The van der Waals surface area contributed by atoms with Gasteiger partial charge in [0.1, 0.15) is 23.9 Å². The number of rotatable bonds is 8. The minimum absolute atomic E-state index is 0.0775. The molecule has 226 valence electrons. The maximum absolute atomic E-state index is 14.0. The first-order valence-corrected chi connectivity index (χ1v) is 15.6. The third-order valence-electron chi connectivity index (χ3n) is 7.32. The molecule has 0 unspecified atom stereocenters. The number of ether oxygens (including phenoxy) is 2. The van der Waals surface area contributed by atoms with Crippen molar-refractivity contribution < 1.29 is 18.7 Å². The molecule has 2 heterocycles. The molecule has 1 aliphatic rings. The Labute approximate surface area is 270 Å². The zero-order valence-electron chi connectivity index (χ0n) is 24.3. The Morgan fingerprint density at radius 2 is 1.78 bits per heavy atom.